The van der Waals surface area contributed by atoms with Gasteiger partial charge in [0.15, 0.2) is 0 Å². The summed E-state index contributed by atoms with van der Waals surface area (Å²) in [6, 6.07) is 101. The SMILES string of the molecule is c1ccc(-c2ccc(-c3ccc(N(c4cccc(-c5ccc6c(c5)c5ccccc5n6-c5ccccc5)c4)c4cccc(-c5ccccc5)c4-c4ccccc4-c4ccccc4)cc3)cc2)cc1. The van der Waals surface area contributed by atoms with Crippen LogP contribution in [0.1, 0.15) is 0 Å². The average Bonchev–Trinajstić information content (AvgIpc) is 3.76. The first-order chi connectivity index (χ1) is 33.7. The van der Waals surface area contributed by atoms with E-state index in [1.807, 2.05) is 0 Å². The molecular weight excluding hydrogens is 821 g/mol. The van der Waals surface area contributed by atoms with Crippen LogP contribution in [-0.2, 0) is 0 Å². The predicted molar refractivity (Wildman–Crippen MR) is 288 cm³/mol. The Morgan fingerprint density at radius 1 is 0.250 bits per heavy atom. The molecule has 0 saturated carbocycles. The van der Waals surface area contributed by atoms with E-state index in [0.717, 1.165) is 45.0 Å². The van der Waals surface area contributed by atoms with Crippen molar-refractivity contribution >= 4 is 38.9 Å². The highest BCUT2D eigenvalue weighted by Gasteiger charge is 2.23. The third-order valence-electron chi connectivity index (χ3n) is 13.2. The van der Waals surface area contributed by atoms with E-state index in [1.165, 1.54) is 66.3 Å². The Balaban J connectivity index is 1.04. The predicted octanol–water partition coefficient (Wildman–Crippen LogP) is 18.3. The molecule has 2 heteroatoms. The fourth-order valence-corrected chi connectivity index (χ4v) is 9.99. The van der Waals surface area contributed by atoms with Gasteiger partial charge in [-0.25, -0.2) is 0 Å². The molecule has 12 rings (SSSR count). The normalized spacial score (nSPS) is 11.2. The zero-order valence-corrected chi connectivity index (χ0v) is 37.5. The van der Waals surface area contributed by atoms with Gasteiger partial charge in [0.25, 0.3) is 0 Å². The minimum Gasteiger partial charge on any atom is -0.310 e. The van der Waals surface area contributed by atoms with E-state index in [-0.39, 0.29) is 0 Å². The van der Waals surface area contributed by atoms with Gasteiger partial charge < -0.3 is 9.47 Å². The van der Waals surface area contributed by atoms with Gasteiger partial charge in [-0.15, -0.1) is 0 Å². The summed E-state index contributed by atoms with van der Waals surface area (Å²) in [5.74, 6) is 0. The Labute approximate surface area is 397 Å². The highest BCUT2D eigenvalue weighted by molar-refractivity contribution is 6.10. The maximum atomic E-state index is 2.45. The second-order valence-electron chi connectivity index (χ2n) is 17.3. The lowest BCUT2D eigenvalue weighted by molar-refractivity contribution is 1.18. The van der Waals surface area contributed by atoms with Gasteiger partial charge in [0.05, 0.1) is 16.7 Å². The Kier molecular flexibility index (Phi) is 10.6. The van der Waals surface area contributed by atoms with Crippen molar-refractivity contribution in [1.29, 1.82) is 0 Å². The van der Waals surface area contributed by atoms with Gasteiger partial charge in [0.1, 0.15) is 0 Å². The molecular formula is C66H46N2. The fourth-order valence-electron chi connectivity index (χ4n) is 9.99. The number of aromatic nitrogens is 1. The van der Waals surface area contributed by atoms with E-state index in [1.54, 1.807) is 0 Å². The molecule has 320 valence electrons. The quantitative estimate of drug-likeness (QED) is 0.133. The number of anilines is 3. The van der Waals surface area contributed by atoms with Gasteiger partial charge in [-0.05, 0) is 122 Å². The molecule has 0 atom stereocenters. The Morgan fingerprint density at radius 3 is 1.38 bits per heavy atom. The van der Waals surface area contributed by atoms with Crippen molar-refractivity contribution in [1.82, 2.24) is 4.57 Å². The molecule has 0 aliphatic heterocycles. The second-order valence-corrected chi connectivity index (χ2v) is 17.3. The van der Waals surface area contributed by atoms with Crippen LogP contribution in [0.4, 0.5) is 17.1 Å². The summed E-state index contributed by atoms with van der Waals surface area (Å²) in [5.41, 5.74) is 20.9. The van der Waals surface area contributed by atoms with Crippen molar-refractivity contribution < 1.29 is 0 Å². The number of benzene rings is 11. The number of fused-ring (bicyclic) bond motifs is 3. The molecule has 12 aromatic rings. The van der Waals surface area contributed by atoms with Crippen LogP contribution in [0.15, 0.2) is 279 Å². The summed E-state index contributed by atoms with van der Waals surface area (Å²) < 4.78 is 2.38. The summed E-state index contributed by atoms with van der Waals surface area (Å²) >= 11 is 0. The van der Waals surface area contributed by atoms with Gasteiger partial charge in [0, 0.05) is 33.4 Å². The van der Waals surface area contributed by atoms with Crippen molar-refractivity contribution in [2.45, 2.75) is 0 Å². The van der Waals surface area contributed by atoms with Gasteiger partial charge in [0.2, 0.25) is 0 Å². The van der Waals surface area contributed by atoms with Crippen LogP contribution in [0.2, 0.25) is 0 Å². The number of hydrogen-bond donors (Lipinski definition) is 0. The summed E-state index contributed by atoms with van der Waals surface area (Å²) in [6.45, 7) is 0. The third kappa shape index (κ3) is 7.54. The zero-order chi connectivity index (χ0) is 45.2. The van der Waals surface area contributed by atoms with Crippen LogP contribution in [-0.4, -0.2) is 4.57 Å². The molecule has 0 fully saturated rings. The molecule has 0 N–H and O–H groups in total. The molecule has 0 aliphatic rings. The molecule has 0 unspecified atom stereocenters. The first-order valence-electron chi connectivity index (χ1n) is 23.3. The van der Waals surface area contributed by atoms with Gasteiger partial charge in [-0.3, -0.25) is 0 Å². The molecule has 0 amide bonds. The molecule has 11 aromatic carbocycles. The topological polar surface area (TPSA) is 8.17 Å². The lowest BCUT2D eigenvalue weighted by Crippen LogP contribution is -2.12. The van der Waals surface area contributed by atoms with Crippen molar-refractivity contribution in [2.75, 3.05) is 4.90 Å². The number of para-hydroxylation sites is 2. The number of hydrogen-bond acceptors (Lipinski definition) is 1. The van der Waals surface area contributed by atoms with E-state index in [4.69, 9.17) is 0 Å². The first kappa shape index (κ1) is 40.5. The van der Waals surface area contributed by atoms with E-state index >= 15 is 0 Å². The van der Waals surface area contributed by atoms with E-state index in [9.17, 15) is 0 Å². The maximum Gasteiger partial charge on any atom is 0.0546 e. The van der Waals surface area contributed by atoms with Crippen LogP contribution in [0, 0.1) is 0 Å². The van der Waals surface area contributed by atoms with Crippen LogP contribution in [0.3, 0.4) is 0 Å². The van der Waals surface area contributed by atoms with Gasteiger partial charge in [-0.2, -0.15) is 0 Å². The molecule has 0 saturated heterocycles. The van der Waals surface area contributed by atoms with E-state index in [2.05, 4.69) is 289 Å². The summed E-state index contributed by atoms with van der Waals surface area (Å²) in [5, 5.41) is 2.46. The number of rotatable bonds is 10. The Morgan fingerprint density at radius 2 is 0.706 bits per heavy atom. The van der Waals surface area contributed by atoms with Crippen LogP contribution in [0.25, 0.3) is 94.3 Å². The van der Waals surface area contributed by atoms with Gasteiger partial charge in [-0.1, -0.05) is 218 Å². The van der Waals surface area contributed by atoms with Crippen LogP contribution < -0.4 is 4.90 Å². The fraction of sp³-hybridized carbons (Fsp3) is 0. The van der Waals surface area contributed by atoms with E-state index in [0.29, 0.717) is 0 Å². The highest BCUT2D eigenvalue weighted by Crippen LogP contribution is 2.49. The molecule has 0 aliphatic carbocycles. The minimum atomic E-state index is 1.07. The first-order valence-corrected chi connectivity index (χ1v) is 23.3. The average molecular weight is 867 g/mol. The van der Waals surface area contributed by atoms with E-state index < -0.39 is 0 Å². The zero-order valence-electron chi connectivity index (χ0n) is 37.5. The van der Waals surface area contributed by atoms with Crippen molar-refractivity contribution in [3.8, 4) is 72.4 Å². The standard InChI is InChI=1S/C66H46N2/c1-5-19-47(20-6-1)48-35-37-49(38-36-48)50-39-42-56(43-40-50)67(65-34-18-32-59(52-23-9-3-10-24-52)66(65)61-31-14-13-29-58(61)51-21-7-2-8-22-51)57-28-17-25-53(45-57)54-41-44-64-62(46-54)60-30-15-16-33-63(60)68(64)55-26-11-4-12-27-55/h1-46H. The molecule has 0 spiro atoms. The minimum absolute atomic E-state index is 1.07. The highest BCUT2D eigenvalue weighted by atomic mass is 15.1. The molecule has 0 radical (unpaired) electrons. The van der Waals surface area contributed by atoms with Crippen LogP contribution in [0.5, 0.6) is 0 Å². The van der Waals surface area contributed by atoms with Crippen molar-refractivity contribution in [3.05, 3.63) is 279 Å². The molecule has 1 heterocycles. The number of nitrogens with zero attached hydrogens (tertiary/aromatic N) is 2. The lowest BCUT2D eigenvalue weighted by atomic mass is 9.87. The molecule has 1 aromatic heterocycles. The Hall–Kier alpha value is -8.98. The van der Waals surface area contributed by atoms with Crippen molar-refractivity contribution in [3.63, 3.8) is 0 Å². The largest absolute Gasteiger partial charge is 0.310 e. The summed E-state index contributed by atoms with van der Waals surface area (Å²) in [6.07, 6.45) is 0. The maximum absolute atomic E-state index is 2.45. The van der Waals surface area contributed by atoms with Crippen LogP contribution >= 0.6 is 0 Å². The van der Waals surface area contributed by atoms with Gasteiger partial charge >= 0.3 is 0 Å². The molecule has 0 bridgehead atoms. The lowest BCUT2D eigenvalue weighted by Gasteiger charge is -2.30. The monoisotopic (exact) mass is 866 g/mol. The third-order valence-corrected chi connectivity index (χ3v) is 13.2. The molecule has 2 nitrogen and oxygen atoms in total. The summed E-state index contributed by atoms with van der Waals surface area (Å²) in [4.78, 5) is 2.45. The summed E-state index contributed by atoms with van der Waals surface area (Å²) in [7, 11) is 0. The molecule has 68 heavy (non-hydrogen) atoms. The smallest absolute Gasteiger partial charge is 0.0546 e. The van der Waals surface area contributed by atoms with Crippen molar-refractivity contribution in [2.24, 2.45) is 0 Å². The Bertz CT molecular complexity index is 3690. The second kappa shape index (κ2) is 17.8.